The topological polar surface area (TPSA) is 55.6 Å². The lowest BCUT2D eigenvalue weighted by atomic mass is 9.86. The summed E-state index contributed by atoms with van der Waals surface area (Å²) in [6.07, 6.45) is 5.81. The number of aromatic nitrogens is 1. The van der Waals surface area contributed by atoms with Gasteiger partial charge in [0.1, 0.15) is 24.5 Å². The fraction of sp³-hybridized carbons (Fsp3) is 0.440. The highest BCUT2D eigenvalue weighted by Gasteiger charge is 2.44. The van der Waals surface area contributed by atoms with Gasteiger partial charge < -0.3 is 14.1 Å². The molecule has 5 nitrogen and oxygen atoms in total. The summed E-state index contributed by atoms with van der Waals surface area (Å²) >= 11 is 0. The molecule has 2 bridgehead atoms. The highest BCUT2D eigenvalue weighted by molar-refractivity contribution is 5.80. The fourth-order valence-corrected chi connectivity index (χ4v) is 5.50. The van der Waals surface area contributed by atoms with Crippen molar-refractivity contribution in [1.82, 2.24) is 10.1 Å². The lowest BCUT2D eigenvalue weighted by molar-refractivity contribution is -0.107. The van der Waals surface area contributed by atoms with Gasteiger partial charge >= 0.3 is 0 Å². The van der Waals surface area contributed by atoms with Crippen LogP contribution < -0.4 is 4.74 Å². The van der Waals surface area contributed by atoms with E-state index in [-0.39, 0.29) is 5.82 Å². The van der Waals surface area contributed by atoms with Crippen LogP contribution in [0.3, 0.4) is 0 Å². The first-order valence-electron chi connectivity index (χ1n) is 11.1. The minimum absolute atomic E-state index is 0.294. The van der Waals surface area contributed by atoms with Crippen LogP contribution in [0.15, 0.2) is 47.0 Å². The molecule has 31 heavy (non-hydrogen) atoms. The molecule has 3 heterocycles. The van der Waals surface area contributed by atoms with Crippen LogP contribution in [-0.2, 0) is 11.2 Å². The van der Waals surface area contributed by atoms with Crippen molar-refractivity contribution in [2.75, 3.05) is 6.61 Å². The summed E-state index contributed by atoms with van der Waals surface area (Å²) in [5.74, 6) is 0.890. The minimum atomic E-state index is -0.294. The van der Waals surface area contributed by atoms with Gasteiger partial charge in [0, 0.05) is 41.9 Å². The molecule has 1 aromatic heterocycles. The Morgan fingerprint density at radius 1 is 1.19 bits per heavy atom. The summed E-state index contributed by atoms with van der Waals surface area (Å²) in [7, 11) is 0. The van der Waals surface area contributed by atoms with Crippen molar-refractivity contribution in [3.8, 4) is 5.75 Å². The van der Waals surface area contributed by atoms with E-state index in [9.17, 15) is 9.18 Å². The molecule has 6 heteroatoms. The van der Waals surface area contributed by atoms with E-state index in [2.05, 4.69) is 17.0 Å². The predicted molar refractivity (Wildman–Crippen MR) is 116 cm³/mol. The molecule has 0 saturated carbocycles. The molecule has 3 unspecified atom stereocenters. The van der Waals surface area contributed by atoms with Gasteiger partial charge in [-0.1, -0.05) is 17.3 Å². The second kappa shape index (κ2) is 8.42. The van der Waals surface area contributed by atoms with Gasteiger partial charge in [-0.2, -0.15) is 0 Å². The molecular formula is C25H27FN2O3. The SMILES string of the molecule is CC(COc1ccc(CC=O)cc1)N1C2CCC1CC(c1noc3cc(F)ccc13)C2. The summed E-state index contributed by atoms with van der Waals surface area (Å²) in [5.41, 5.74) is 2.51. The van der Waals surface area contributed by atoms with Gasteiger partial charge in [-0.15, -0.1) is 0 Å². The van der Waals surface area contributed by atoms with Gasteiger partial charge in [-0.05, 0) is 62.4 Å². The second-order valence-electron chi connectivity index (χ2n) is 8.88. The zero-order valence-electron chi connectivity index (χ0n) is 17.7. The Balaban J connectivity index is 1.23. The van der Waals surface area contributed by atoms with Crippen LogP contribution in [0.4, 0.5) is 4.39 Å². The summed E-state index contributed by atoms with van der Waals surface area (Å²) in [5, 5.41) is 5.25. The molecule has 5 rings (SSSR count). The van der Waals surface area contributed by atoms with E-state index in [4.69, 9.17) is 9.26 Å². The Kier molecular flexibility index (Phi) is 5.48. The number of halogens is 1. The zero-order chi connectivity index (χ0) is 21.4. The number of hydrogen-bond acceptors (Lipinski definition) is 5. The molecule has 2 fully saturated rings. The highest BCUT2D eigenvalue weighted by Crippen LogP contribution is 2.45. The number of ether oxygens (including phenoxy) is 1. The number of nitrogens with zero attached hydrogens (tertiary/aromatic N) is 2. The molecular weight excluding hydrogens is 395 g/mol. The summed E-state index contributed by atoms with van der Waals surface area (Å²) in [6, 6.07) is 13.8. The summed E-state index contributed by atoms with van der Waals surface area (Å²) < 4.78 is 25.0. The number of carbonyl (C=O) groups excluding carboxylic acids is 1. The van der Waals surface area contributed by atoms with Crippen molar-refractivity contribution in [2.45, 2.75) is 63.1 Å². The lowest BCUT2D eigenvalue weighted by Crippen LogP contribution is -2.49. The average Bonchev–Trinajstić information content (AvgIpc) is 3.31. The number of hydrogen-bond donors (Lipinski definition) is 0. The molecule has 0 aliphatic carbocycles. The van der Waals surface area contributed by atoms with E-state index >= 15 is 0 Å². The van der Waals surface area contributed by atoms with Crippen LogP contribution in [-0.4, -0.2) is 41.1 Å². The first-order valence-corrected chi connectivity index (χ1v) is 11.1. The first-order chi connectivity index (χ1) is 15.1. The average molecular weight is 423 g/mol. The summed E-state index contributed by atoms with van der Waals surface area (Å²) in [4.78, 5) is 13.3. The largest absolute Gasteiger partial charge is 0.492 e. The van der Waals surface area contributed by atoms with Crippen LogP contribution in [0.5, 0.6) is 5.75 Å². The van der Waals surface area contributed by atoms with Crippen molar-refractivity contribution in [1.29, 1.82) is 0 Å². The molecule has 0 spiro atoms. The van der Waals surface area contributed by atoms with E-state index in [1.807, 2.05) is 24.3 Å². The Bertz CT molecular complexity index is 1050. The monoisotopic (exact) mass is 422 g/mol. The first kappa shape index (κ1) is 20.2. The number of benzene rings is 2. The van der Waals surface area contributed by atoms with E-state index in [1.165, 1.54) is 25.0 Å². The third-order valence-electron chi connectivity index (χ3n) is 6.88. The maximum Gasteiger partial charge on any atom is 0.170 e. The molecule has 2 aliphatic rings. The quantitative estimate of drug-likeness (QED) is 0.508. The standard InChI is InChI=1S/C25H27FN2O3/c1-16(15-30-22-7-2-17(3-8-22)10-11-29)28-20-5-6-21(28)13-18(12-20)25-23-9-4-19(26)14-24(23)31-27-25/h2-4,7-9,11,14,16,18,20-21H,5-6,10,12-13,15H2,1H3. The van der Waals surface area contributed by atoms with Gasteiger partial charge in [0.25, 0.3) is 0 Å². The highest BCUT2D eigenvalue weighted by atomic mass is 19.1. The molecule has 0 N–H and O–H groups in total. The summed E-state index contributed by atoms with van der Waals surface area (Å²) in [6.45, 7) is 2.87. The molecule has 2 saturated heterocycles. The molecule has 162 valence electrons. The second-order valence-corrected chi connectivity index (χ2v) is 8.88. The van der Waals surface area contributed by atoms with Crippen LogP contribution in [0.1, 0.15) is 49.8 Å². The van der Waals surface area contributed by atoms with E-state index < -0.39 is 0 Å². The maximum absolute atomic E-state index is 13.5. The number of fused-ring (bicyclic) bond motifs is 3. The van der Waals surface area contributed by atoms with Gasteiger partial charge in [0.15, 0.2) is 5.58 Å². The third kappa shape index (κ3) is 3.97. The normalized spacial score (nSPS) is 24.4. The smallest absolute Gasteiger partial charge is 0.170 e. The number of carbonyl (C=O) groups is 1. The molecule has 0 amide bonds. The Morgan fingerprint density at radius 3 is 2.65 bits per heavy atom. The van der Waals surface area contributed by atoms with Gasteiger partial charge in [0.2, 0.25) is 0 Å². The van der Waals surface area contributed by atoms with Crippen LogP contribution >= 0.6 is 0 Å². The maximum atomic E-state index is 13.5. The van der Waals surface area contributed by atoms with E-state index in [1.54, 1.807) is 6.07 Å². The minimum Gasteiger partial charge on any atom is -0.492 e. The van der Waals surface area contributed by atoms with Crippen molar-refractivity contribution in [3.05, 3.63) is 59.5 Å². The van der Waals surface area contributed by atoms with Gasteiger partial charge in [0.05, 0.1) is 5.69 Å². The Hall–Kier alpha value is -2.73. The molecule has 2 aliphatic heterocycles. The zero-order valence-corrected chi connectivity index (χ0v) is 17.7. The lowest BCUT2D eigenvalue weighted by Gasteiger charge is -2.42. The third-order valence-corrected chi connectivity index (χ3v) is 6.88. The van der Waals surface area contributed by atoms with Crippen molar-refractivity contribution >= 4 is 17.3 Å². The molecule has 3 atom stereocenters. The number of piperidine rings is 1. The Morgan fingerprint density at radius 2 is 1.94 bits per heavy atom. The van der Waals surface area contributed by atoms with Crippen LogP contribution in [0, 0.1) is 5.82 Å². The molecule has 3 aromatic rings. The van der Waals surface area contributed by atoms with Crippen LogP contribution in [0.25, 0.3) is 11.0 Å². The molecule has 2 aromatic carbocycles. The van der Waals surface area contributed by atoms with E-state index in [0.29, 0.717) is 42.7 Å². The number of aldehydes is 1. The molecule has 0 radical (unpaired) electrons. The van der Waals surface area contributed by atoms with Crippen molar-refractivity contribution in [3.63, 3.8) is 0 Å². The van der Waals surface area contributed by atoms with Gasteiger partial charge in [-0.25, -0.2) is 4.39 Å². The van der Waals surface area contributed by atoms with Crippen LogP contribution in [0.2, 0.25) is 0 Å². The predicted octanol–water partition coefficient (Wildman–Crippen LogP) is 4.89. The fourth-order valence-electron chi connectivity index (χ4n) is 5.50. The Labute approximate surface area is 181 Å². The van der Waals surface area contributed by atoms with Crippen molar-refractivity contribution in [2.24, 2.45) is 0 Å². The number of rotatable bonds is 7. The van der Waals surface area contributed by atoms with Crippen molar-refractivity contribution < 1.29 is 18.4 Å². The van der Waals surface area contributed by atoms with Gasteiger partial charge in [-0.3, -0.25) is 4.90 Å². The van der Waals surface area contributed by atoms with E-state index in [0.717, 1.165) is 41.5 Å².